The van der Waals surface area contributed by atoms with E-state index in [1.165, 1.54) is 109 Å². The Morgan fingerprint density at radius 3 is 1.44 bits per heavy atom. The van der Waals surface area contributed by atoms with Crippen LogP contribution in [-0.2, 0) is 4.79 Å². The molecule has 0 amide bonds. The summed E-state index contributed by atoms with van der Waals surface area (Å²) in [6, 6.07) is 0. The van der Waals surface area contributed by atoms with Gasteiger partial charge >= 0.3 is 5.97 Å². The third kappa shape index (κ3) is 22.9. The largest absolute Gasteiger partial charge is 0.478 e. The van der Waals surface area contributed by atoms with Crippen LogP contribution < -0.4 is 0 Å². The van der Waals surface area contributed by atoms with Crippen LogP contribution in [-0.4, -0.2) is 11.1 Å². The van der Waals surface area contributed by atoms with E-state index >= 15 is 0 Å². The Hall–Kier alpha value is -1.05. The summed E-state index contributed by atoms with van der Waals surface area (Å²) in [7, 11) is 0. The van der Waals surface area contributed by atoms with Crippen molar-refractivity contribution in [2.75, 3.05) is 0 Å². The highest BCUT2D eigenvalue weighted by Gasteiger charge is 1.94. The zero-order valence-corrected chi connectivity index (χ0v) is 16.7. The molecule has 0 aliphatic heterocycles. The molecule has 2 heteroatoms. The zero-order chi connectivity index (χ0) is 18.4. The van der Waals surface area contributed by atoms with E-state index in [9.17, 15) is 4.79 Å². The van der Waals surface area contributed by atoms with Gasteiger partial charge in [-0.3, -0.25) is 0 Å². The fourth-order valence-electron chi connectivity index (χ4n) is 3.12. The van der Waals surface area contributed by atoms with E-state index in [-0.39, 0.29) is 0 Å². The van der Waals surface area contributed by atoms with Gasteiger partial charge in [0, 0.05) is 6.08 Å². The summed E-state index contributed by atoms with van der Waals surface area (Å²) in [5.41, 5.74) is 0. The third-order valence-electron chi connectivity index (χ3n) is 4.71. The van der Waals surface area contributed by atoms with Gasteiger partial charge in [0.2, 0.25) is 0 Å². The van der Waals surface area contributed by atoms with E-state index in [2.05, 4.69) is 13.0 Å². The van der Waals surface area contributed by atoms with Crippen molar-refractivity contribution in [3.05, 3.63) is 24.3 Å². The van der Waals surface area contributed by atoms with Gasteiger partial charge in [-0.2, -0.15) is 0 Å². The third-order valence-corrected chi connectivity index (χ3v) is 4.71. The zero-order valence-electron chi connectivity index (χ0n) is 16.7. The van der Waals surface area contributed by atoms with E-state index in [1.807, 2.05) is 6.08 Å². The SMILES string of the molecule is CCCCCCCCCCCCCCCCCCC=CC=CC(=O)O. The van der Waals surface area contributed by atoms with Crippen LogP contribution in [0.4, 0.5) is 0 Å². The van der Waals surface area contributed by atoms with Crippen molar-refractivity contribution in [2.24, 2.45) is 0 Å². The van der Waals surface area contributed by atoms with Crippen LogP contribution in [0.15, 0.2) is 24.3 Å². The summed E-state index contributed by atoms with van der Waals surface area (Å²) in [6.45, 7) is 2.28. The Balaban J connectivity index is 3.08. The number of unbranched alkanes of at least 4 members (excludes halogenated alkanes) is 16. The second-order valence-electron chi connectivity index (χ2n) is 7.22. The highest BCUT2D eigenvalue weighted by molar-refractivity contribution is 5.80. The van der Waals surface area contributed by atoms with Crippen molar-refractivity contribution >= 4 is 5.97 Å². The average Bonchev–Trinajstić information content (AvgIpc) is 2.60. The molecule has 0 radical (unpaired) electrons. The molecule has 1 N–H and O–H groups in total. The van der Waals surface area contributed by atoms with Gasteiger partial charge in [-0.1, -0.05) is 121 Å². The number of rotatable bonds is 19. The average molecular weight is 351 g/mol. The van der Waals surface area contributed by atoms with Crippen molar-refractivity contribution in [3.63, 3.8) is 0 Å². The number of hydrogen-bond donors (Lipinski definition) is 1. The smallest absolute Gasteiger partial charge is 0.328 e. The monoisotopic (exact) mass is 350 g/mol. The molecule has 0 fully saturated rings. The first-order valence-corrected chi connectivity index (χ1v) is 10.8. The molecule has 0 saturated heterocycles. The molecule has 2 nitrogen and oxygen atoms in total. The summed E-state index contributed by atoms with van der Waals surface area (Å²) in [5.74, 6) is -0.882. The van der Waals surface area contributed by atoms with Gasteiger partial charge in [0.05, 0.1) is 0 Å². The normalized spacial score (nSPS) is 11.7. The van der Waals surface area contributed by atoms with E-state index in [4.69, 9.17) is 5.11 Å². The molecule has 0 aromatic rings. The maximum Gasteiger partial charge on any atom is 0.328 e. The second kappa shape index (κ2) is 21.0. The standard InChI is InChI=1S/C23H42O2/c1-2-3-4-5-6-7-8-9-10-11-12-13-14-15-16-17-18-19-20-21-22-23(24)25/h19-22H,2-18H2,1H3,(H,24,25). The number of allylic oxidation sites excluding steroid dienone is 3. The van der Waals surface area contributed by atoms with E-state index in [0.29, 0.717) is 0 Å². The van der Waals surface area contributed by atoms with Crippen LogP contribution in [0.2, 0.25) is 0 Å². The van der Waals surface area contributed by atoms with Gasteiger partial charge in [0.25, 0.3) is 0 Å². The molecule has 25 heavy (non-hydrogen) atoms. The van der Waals surface area contributed by atoms with Crippen LogP contribution in [0.25, 0.3) is 0 Å². The Morgan fingerprint density at radius 2 is 1.04 bits per heavy atom. The molecule has 0 spiro atoms. The number of carboxylic acid groups (broad SMARTS) is 1. The fraction of sp³-hybridized carbons (Fsp3) is 0.783. The Labute approximate surface area is 156 Å². The van der Waals surface area contributed by atoms with Crippen LogP contribution in [0.5, 0.6) is 0 Å². The van der Waals surface area contributed by atoms with Crippen LogP contribution in [0.1, 0.15) is 116 Å². The lowest BCUT2D eigenvalue weighted by atomic mass is 10.0. The van der Waals surface area contributed by atoms with Gasteiger partial charge in [-0.25, -0.2) is 4.79 Å². The molecule has 146 valence electrons. The number of carboxylic acids is 1. The van der Waals surface area contributed by atoms with E-state index in [0.717, 1.165) is 6.42 Å². The van der Waals surface area contributed by atoms with Crippen LogP contribution >= 0.6 is 0 Å². The molecule has 0 atom stereocenters. The van der Waals surface area contributed by atoms with Crippen molar-refractivity contribution in [2.45, 2.75) is 116 Å². The first-order chi connectivity index (χ1) is 12.3. The predicted molar refractivity (Wildman–Crippen MR) is 110 cm³/mol. The molecule has 0 aliphatic rings. The molecular formula is C23H42O2. The van der Waals surface area contributed by atoms with Crippen molar-refractivity contribution in [3.8, 4) is 0 Å². The minimum atomic E-state index is -0.882. The van der Waals surface area contributed by atoms with Crippen molar-refractivity contribution in [1.29, 1.82) is 0 Å². The van der Waals surface area contributed by atoms with Crippen molar-refractivity contribution in [1.82, 2.24) is 0 Å². The Bertz CT molecular complexity index is 331. The fourth-order valence-corrected chi connectivity index (χ4v) is 3.12. The molecule has 0 saturated carbocycles. The first-order valence-electron chi connectivity index (χ1n) is 10.8. The van der Waals surface area contributed by atoms with E-state index < -0.39 is 5.97 Å². The molecule has 0 aliphatic carbocycles. The van der Waals surface area contributed by atoms with E-state index in [1.54, 1.807) is 6.08 Å². The van der Waals surface area contributed by atoms with Gasteiger partial charge in [-0.15, -0.1) is 0 Å². The summed E-state index contributed by atoms with van der Waals surface area (Å²) < 4.78 is 0. The number of carbonyl (C=O) groups is 1. The highest BCUT2D eigenvalue weighted by atomic mass is 16.4. The van der Waals surface area contributed by atoms with Gasteiger partial charge in [-0.05, 0) is 12.8 Å². The number of aliphatic carboxylic acids is 1. The van der Waals surface area contributed by atoms with Crippen LogP contribution in [0.3, 0.4) is 0 Å². The number of hydrogen-bond acceptors (Lipinski definition) is 1. The highest BCUT2D eigenvalue weighted by Crippen LogP contribution is 2.14. The summed E-state index contributed by atoms with van der Waals surface area (Å²) in [5, 5.41) is 8.44. The second-order valence-corrected chi connectivity index (χ2v) is 7.22. The quantitative estimate of drug-likeness (QED) is 0.146. The lowest BCUT2D eigenvalue weighted by Gasteiger charge is -2.03. The molecule has 0 unspecified atom stereocenters. The Morgan fingerprint density at radius 1 is 0.640 bits per heavy atom. The molecule has 0 aromatic carbocycles. The van der Waals surface area contributed by atoms with Crippen molar-refractivity contribution < 1.29 is 9.90 Å². The molecule has 0 heterocycles. The first kappa shape index (κ1) is 23.9. The lowest BCUT2D eigenvalue weighted by molar-refractivity contribution is -0.131. The summed E-state index contributed by atoms with van der Waals surface area (Å²) >= 11 is 0. The maximum absolute atomic E-state index is 10.3. The van der Waals surface area contributed by atoms with Gasteiger partial charge in [0.1, 0.15) is 0 Å². The van der Waals surface area contributed by atoms with Gasteiger partial charge < -0.3 is 5.11 Å². The Kier molecular flexibility index (Phi) is 20.1. The topological polar surface area (TPSA) is 37.3 Å². The van der Waals surface area contributed by atoms with Crippen LogP contribution in [0, 0.1) is 0 Å². The van der Waals surface area contributed by atoms with Gasteiger partial charge in [0.15, 0.2) is 0 Å². The summed E-state index contributed by atoms with van der Waals surface area (Å²) in [6.07, 6.45) is 30.1. The lowest BCUT2D eigenvalue weighted by Crippen LogP contribution is -1.84. The molecule has 0 bridgehead atoms. The molecular weight excluding hydrogens is 308 g/mol. The maximum atomic E-state index is 10.3. The molecule has 0 rings (SSSR count). The summed E-state index contributed by atoms with van der Waals surface area (Å²) in [4.78, 5) is 10.3. The minimum absolute atomic E-state index is 0.882. The molecule has 0 aromatic heterocycles. The predicted octanol–water partition coefficient (Wildman–Crippen LogP) is 7.84. The minimum Gasteiger partial charge on any atom is -0.478 e.